The smallest absolute Gasteiger partial charge is 0.147 e. The topological polar surface area (TPSA) is 60.9 Å². The minimum absolute atomic E-state index is 0.268. The van der Waals surface area contributed by atoms with Crippen molar-refractivity contribution < 1.29 is 4.79 Å². The molecule has 1 aromatic carbocycles. The average Bonchev–Trinajstić information content (AvgIpc) is 2.77. The Balaban J connectivity index is 1.92. The average molecular weight is 285 g/mol. The number of carbonyl (C=O) groups excluding carboxylic acids is 1. The maximum Gasteiger partial charge on any atom is 0.147 e. The zero-order valence-corrected chi connectivity index (χ0v) is 12.6. The van der Waals surface area contributed by atoms with Crippen LogP contribution in [-0.2, 0) is 17.8 Å². The highest BCUT2D eigenvalue weighted by molar-refractivity contribution is 5.88. The highest BCUT2D eigenvalue weighted by Crippen LogP contribution is 2.41. The summed E-state index contributed by atoms with van der Waals surface area (Å²) in [6.45, 7) is 3.52. The van der Waals surface area contributed by atoms with E-state index in [9.17, 15) is 4.79 Å². The first-order valence-corrected chi connectivity index (χ1v) is 7.88. The summed E-state index contributed by atoms with van der Waals surface area (Å²) in [6.07, 6.45) is 4.44. The van der Waals surface area contributed by atoms with E-state index in [0.29, 0.717) is 13.0 Å². The number of nitrogens with two attached hydrogens (primary N) is 1. The number of nitrogens with zero attached hydrogens (tertiary/aromatic N) is 2. The Morgan fingerprint density at radius 2 is 2.14 bits per heavy atom. The number of hydrogen-bond acceptors (Lipinski definition) is 3. The molecule has 1 heterocycles. The minimum atomic E-state index is -0.269. The molecule has 4 nitrogen and oxygen atoms in total. The monoisotopic (exact) mass is 285 g/mol. The quantitative estimate of drug-likeness (QED) is 0.887. The Hall–Kier alpha value is -1.68. The molecule has 1 fully saturated rings. The predicted molar refractivity (Wildman–Crippen MR) is 84.1 cm³/mol. The number of imidazole rings is 1. The van der Waals surface area contributed by atoms with Crippen molar-refractivity contribution in [3.63, 3.8) is 0 Å². The van der Waals surface area contributed by atoms with Gasteiger partial charge in [0.1, 0.15) is 11.6 Å². The van der Waals surface area contributed by atoms with E-state index in [2.05, 4.69) is 22.5 Å². The summed E-state index contributed by atoms with van der Waals surface area (Å²) in [5.41, 5.74) is 7.68. The van der Waals surface area contributed by atoms with Gasteiger partial charge in [-0.3, -0.25) is 4.79 Å². The zero-order chi connectivity index (χ0) is 14.9. The van der Waals surface area contributed by atoms with E-state index in [1.54, 1.807) is 0 Å². The van der Waals surface area contributed by atoms with Gasteiger partial charge in [0.05, 0.1) is 17.5 Å². The highest BCUT2D eigenvalue weighted by atomic mass is 16.1. The molecule has 0 spiro atoms. The maximum absolute atomic E-state index is 12.6. The van der Waals surface area contributed by atoms with Crippen molar-refractivity contribution in [3.8, 4) is 0 Å². The summed E-state index contributed by atoms with van der Waals surface area (Å²) in [5.74, 6) is 1.16. The number of ketones is 1. The van der Waals surface area contributed by atoms with Gasteiger partial charge in [-0.25, -0.2) is 4.98 Å². The molecule has 112 valence electrons. The summed E-state index contributed by atoms with van der Waals surface area (Å²) in [5, 5.41) is 0. The van der Waals surface area contributed by atoms with Crippen LogP contribution < -0.4 is 5.73 Å². The second-order valence-electron chi connectivity index (χ2n) is 6.11. The fourth-order valence-corrected chi connectivity index (χ4v) is 3.26. The Labute approximate surface area is 125 Å². The first-order valence-electron chi connectivity index (χ1n) is 7.88. The molecular formula is C17H23N3O. The van der Waals surface area contributed by atoms with Crippen molar-refractivity contribution in [1.29, 1.82) is 0 Å². The van der Waals surface area contributed by atoms with Gasteiger partial charge < -0.3 is 10.3 Å². The number of Topliss-reactive ketones (excluding diaryl/α,β-unsaturated/α-hetero) is 1. The third-order valence-electron chi connectivity index (χ3n) is 4.79. The van der Waals surface area contributed by atoms with Gasteiger partial charge in [0.15, 0.2) is 0 Å². The molecular weight excluding hydrogens is 262 g/mol. The Kier molecular flexibility index (Phi) is 3.81. The van der Waals surface area contributed by atoms with Gasteiger partial charge >= 0.3 is 0 Å². The molecule has 0 saturated heterocycles. The highest BCUT2D eigenvalue weighted by Gasteiger charge is 2.42. The lowest BCUT2D eigenvalue weighted by atomic mass is 9.65. The second kappa shape index (κ2) is 5.60. The van der Waals surface area contributed by atoms with E-state index in [1.165, 1.54) is 0 Å². The number of carbonyl (C=O) groups is 1. The molecule has 21 heavy (non-hydrogen) atoms. The van der Waals surface area contributed by atoms with Crippen molar-refractivity contribution in [3.05, 3.63) is 30.1 Å². The van der Waals surface area contributed by atoms with E-state index < -0.39 is 0 Å². The van der Waals surface area contributed by atoms with Gasteiger partial charge in [-0.15, -0.1) is 0 Å². The minimum Gasteiger partial charge on any atom is -0.329 e. The number of fused-ring (bicyclic) bond motifs is 1. The van der Waals surface area contributed by atoms with Gasteiger partial charge in [-0.2, -0.15) is 0 Å². The lowest BCUT2D eigenvalue weighted by molar-refractivity contribution is -0.132. The predicted octanol–water partition coefficient (Wildman–Crippen LogP) is 2.69. The summed E-state index contributed by atoms with van der Waals surface area (Å²) in [4.78, 5) is 17.3. The molecule has 0 radical (unpaired) electrons. The van der Waals surface area contributed by atoms with Crippen LogP contribution in [0, 0.1) is 5.41 Å². The van der Waals surface area contributed by atoms with Gasteiger partial charge in [0, 0.05) is 18.5 Å². The molecule has 1 aromatic heterocycles. The molecule has 0 bridgehead atoms. The zero-order valence-electron chi connectivity index (χ0n) is 12.6. The number of hydrogen-bond donors (Lipinski definition) is 1. The van der Waals surface area contributed by atoms with Gasteiger partial charge in [-0.1, -0.05) is 25.5 Å². The van der Waals surface area contributed by atoms with Crippen LogP contribution in [0.5, 0.6) is 0 Å². The van der Waals surface area contributed by atoms with Crippen LogP contribution in [-0.4, -0.2) is 21.9 Å². The van der Waals surface area contributed by atoms with Crippen LogP contribution in [0.1, 0.15) is 38.4 Å². The summed E-state index contributed by atoms with van der Waals surface area (Å²) < 4.78 is 2.19. The molecule has 0 amide bonds. The number of aromatic nitrogens is 2. The Bertz CT molecular complexity index is 650. The van der Waals surface area contributed by atoms with Crippen molar-refractivity contribution in [2.45, 2.75) is 45.6 Å². The van der Waals surface area contributed by atoms with Gasteiger partial charge in [-0.05, 0) is 31.4 Å². The lowest BCUT2D eigenvalue weighted by Gasteiger charge is -2.39. The Morgan fingerprint density at radius 1 is 1.38 bits per heavy atom. The molecule has 1 aliphatic carbocycles. The van der Waals surface area contributed by atoms with Crippen molar-refractivity contribution in [2.75, 3.05) is 6.54 Å². The normalized spacial score (nSPS) is 16.9. The second-order valence-corrected chi connectivity index (χ2v) is 6.11. The molecule has 3 rings (SSSR count). The van der Waals surface area contributed by atoms with Crippen molar-refractivity contribution in [1.82, 2.24) is 9.55 Å². The van der Waals surface area contributed by atoms with Crippen molar-refractivity contribution >= 4 is 16.8 Å². The van der Waals surface area contributed by atoms with Crippen LogP contribution in [0.3, 0.4) is 0 Å². The summed E-state index contributed by atoms with van der Waals surface area (Å²) >= 11 is 0. The molecule has 0 aliphatic heterocycles. The molecule has 0 atom stereocenters. The third kappa shape index (κ3) is 2.38. The summed E-state index contributed by atoms with van der Waals surface area (Å²) in [7, 11) is 0. The first-order chi connectivity index (χ1) is 10.2. The Morgan fingerprint density at radius 3 is 2.76 bits per heavy atom. The SMILES string of the molecule is CCCn1c(CC(=O)C2(CN)CCC2)nc2ccccc21. The van der Waals surface area contributed by atoms with Crippen LogP contribution in [0.2, 0.25) is 0 Å². The van der Waals surface area contributed by atoms with E-state index in [0.717, 1.165) is 49.1 Å². The molecule has 4 heteroatoms. The molecule has 2 N–H and O–H groups in total. The van der Waals surface area contributed by atoms with Crippen LogP contribution >= 0.6 is 0 Å². The maximum atomic E-state index is 12.6. The van der Waals surface area contributed by atoms with Crippen LogP contribution in [0.4, 0.5) is 0 Å². The lowest BCUT2D eigenvalue weighted by Crippen LogP contribution is -2.45. The van der Waals surface area contributed by atoms with E-state index in [1.807, 2.05) is 18.2 Å². The molecule has 0 unspecified atom stereocenters. The first kappa shape index (κ1) is 14.3. The molecule has 2 aromatic rings. The fraction of sp³-hybridized carbons (Fsp3) is 0.529. The third-order valence-corrected chi connectivity index (χ3v) is 4.79. The van der Waals surface area contributed by atoms with Gasteiger partial charge in [0.2, 0.25) is 0 Å². The van der Waals surface area contributed by atoms with E-state index >= 15 is 0 Å². The van der Waals surface area contributed by atoms with Crippen LogP contribution in [0.25, 0.3) is 11.0 Å². The number of para-hydroxylation sites is 2. The summed E-state index contributed by atoms with van der Waals surface area (Å²) in [6, 6.07) is 8.10. The van der Waals surface area contributed by atoms with E-state index in [4.69, 9.17) is 5.73 Å². The molecule has 1 aliphatic rings. The largest absolute Gasteiger partial charge is 0.329 e. The van der Waals surface area contributed by atoms with E-state index in [-0.39, 0.29) is 11.2 Å². The molecule has 1 saturated carbocycles. The standard InChI is InChI=1S/C17H23N3O/c1-2-10-20-14-7-4-3-6-13(14)19-16(20)11-15(21)17(12-18)8-5-9-17/h3-4,6-7H,2,5,8-12,18H2,1H3. The van der Waals surface area contributed by atoms with Gasteiger partial charge in [0.25, 0.3) is 0 Å². The number of benzene rings is 1. The van der Waals surface area contributed by atoms with Crippen molar-refractivity contribution in [2.24, 2.45) is 11.1 Å². The number of rotatable bonds is 6. The fourth-order valence-electron chi connectivity index (χ4n) is 3.26. The van der Waals surface area contributed by atoms with Crippen LogP contribution in [0.15, 0.2) is 24.3 Å². The number of aryl methyl sites for hydroxylation is 1.